The highest BCUT2D eigenvalue weighted by molar-refractivity contribution is 5.92. The van der Waals surface area contributed by atoms with Crippen LogP contribution in [0.4, 0.5) is 23.2 Å². The van der Waals surface area contributed by atoms with Gasteiger partial charge in [0.15, 0.2) is 0 Å². The van der Waals surface area contributed by atoms with Crippen LogP contribution >= 0.6 is 0 Å². The molecule has 1 aliphatic rings. The number of amides is 1. The van der Waals surface area contributed by atoms with Gasteiger partial charge in [-0.2, -0.15) is 8.78 Å². The fraction of sp³-hybridized carbons (Fsp3) is 0.368. The monoisotopic (exact) mass is 397 g/mol. The van der Waals surface area contributed by atoms with Crippen molar-refractivity contribution in [3.63, 3.8) is 0 Å². The van der Waals surface area contributed by atoms with Crippen LogP contribution in [0.2, 0.25) is 0 Å². The molecule has 0 spiro atoms. The topological polar surface area (TPSA) is 63.2 Å². The van der Waals surface area contributed by atoms with Gasteiger partial charge in [-0.3, -0.25) is 9.78 Å². The average Bonchev–Trinajstić information content (AvgIpc) is 2.64. The van der Waals surface area contributed by atoms with Crippen molar-refractivity contribution in [2.24, 2.45) is 5.41 Å². The number of carbonyl (C=O) groups is 1. The molecule has 28 heavy (non-hydrogen) atoms. The normalized spacial score (nSPS) is 23.9. The Bertz CT molecular complexity index is 817. The largest absolute Gasteiger partial charge is 0.384 e. The molecule has 9 heteroatoms. The summed E-state index contributed by atoms with van der Waals surface area (Å²) in [5.74, 6) is -1.97. The van der Waals surface area contributed by atoms with Crippen LogP contribution in [0.15, 0.2) is 42.6 Å². The molecule has 5 nitrogen and oxygen atoms in total. The molecule has 2 N–H and O–H groups in total. The fourth-order valence-electron chi connectivity index (χ4n) is 3.29. The van der Waals surface area contributed by atoms with Gasteiger partial charge < -0.3 is 15.4 Å². The summed E-state index contributed by atoms with van der Waals surface area (Å²) in [6.07, 6.45) is 0.809. The molecule has 3 rings (SSSR count). The van der Waals surface area contributed by atoms with E-state index in [2.05, 4.69) is 20.4 Å². The molecule has 3 atom stereocenters. The van der Waals surface area contributed by atoms with E-state index in [-0.39, 0.29) is 24.3 Å². The maximum absolute atomic E-state index is 13.4. The lowest BCUT2D eigenvalue weighted by Gasteiger charge is -2.53. The van der Waals surface area contributed by atoms with E-state index >= 15 is 0 Å². The molecule has 150 valence electrons. The van der Waals surface area contributed by atoms with Crippen molar-refractivity contribution in [3.8, 4) is 0 Å². The molecule has 1 fully saturated rings. The predicted molar refractivity (Wildman–Crippen MR) is 93.9 cm³/mol. The first-order valence-corrected chi connectivity index (χ1v) is 8.63. The minimum Gasteiger partial charge on any atom is -0.384 e. The number of ether oxygens (including phenoxy) is 1. The average molecular weight is 397 g/mol. The number of carbonyl (C=O) groups excluding carboxylic acids is 1. The second kappa shape index (κ2) is 8.14. The summed E-state index contributed by atoms with van der Waals surface area (Å²) in [4.78, 5) is 16.3. The highest BCUT2D eigenvalue weighted by Gasteiger charge is 2.54. The van der Waals surface area contributed by atoms with E-state index in [1.807, 2.05) is 0 Å². The Labute approximate surface area is 159 Å². The molecule has 3 unspecified atom stereocenters. The summed E-state index contributed by atoms with van der Waals surface area (Å²) in [7, 11) is 0. The van der Waals surface area contributed by atoms with Crippen LogP contribution in [0.3, 0.4) is 0 Å². The molecular weight excluding hydrogens is 378 g/mol. The van der Waals surface area contributed by atoms with E-state index in [0.29, 0.717) is 0 Å². The summed E-state index contributed by atoms with van der Waals surface area (Å²) >= 11 is 0. The van der Waals surface area contributed by atoms with E-state index in [1.54, 1.807) is 19.1 Å². The summed E-state index contributed by atoms with van der Waals surface area (Å²) in [6.45, 7) is -1.25. The highest BCUT2D eigenvalue weighted by atomic mass is 19.3. The molecule has 1 aromatic heterocycles. The number of nitrogens with one attached hydrogen (secondary N) is 2. The minimum atomic E-state index is -2.97. The third-order valence-corrected chi connectivity index (χ3v) is 4.99. The van der Waals surface area contributed by atoms with Gasteiger partial charge in [0.1, 0.15) is 17.3 Å². The quantitative estimate of drug-likeness (QED) is 0.701. The van der Waals surface area contributed by atoms with Crippen LogP contribution in [0.25, 0.3) is 0 Å². The maximum atomic E-state index is 13.4. The molecule has 1 amide bonds. The molecule has 2 aromatic rings. The fourth-order valence-corrected chi connectivity index (χ4v) is 3.29. The summed E-state index contributed by atoms with van der Waals surface area (Å²) in [6, 6.07) is 7.28. The Morgan fingerprint density at radius 2 is 2.00 bits per heavy atom. The number of benzene rings is 1. The number of hydrogen-bond donors (Lipinski definition) is 2. The van der Waals surface area contributed by atoms with Gasteiger partial charge in [-0.1, -0.05) is 13.0 Å². The van der Waals surface area contributed by atoms with E-state index in [0.717, 1.165) is 18.2 Å². The Kier molecular flexibility index (Phi) is 5.83. The standard InChI is InChI=1S/C19H19F4N3O2/c1-19(10-25-13-7-11(20)6-12(21)8-13)15(9-16(19)28-18(22)23)26-17(27)14-4-2-3-5-24-14/h2-8,15-16,18,25H,9-10H2,1H3,(H,26,27). The molecule has 0 saturated heterocycles. The first-order chi connectivity index (χ1) is 13.3. The number of aromatic nitrogens is 1. The van der Waals surface area contributed by atoms with E-state index in [9.17, 15) is 22.4 Å². The molecule has 1 aromatic carbocycles. The van der Waals surface area contributed by atoms with Gasteiger partial charge in [0.25, 0.3) is 5.91 Å². The van der Waals surface area contributed by atoms with Crippen molar-refractivity contribution in [1.82, 2.24) is 10.3 Å². The number of anilines is 1. The van der Waals surface area contributed by atoms with Gasteiger partial charge in [-0.05, 0) is 30.7 Å². The number of halogens is 4. The smallest absolute Gasteiger partial charge is 0.345 e. The first kappa shape index (κ1) is 20.1. The summed E-state index contributed by atoms with van der Waals surface area (Å²) < 4.78 is 56.9. The van der Waals surface area contributed by atoms with Gasteiger partial charge >= 0.3 is 6.61 Å². The third-order valence-electron chi connectivity index (χ3n) is 4.99. The second-order valence-corrected chi connectivity index (χ2v) is 6.88. The first-order valence-electron chi connectivity index (χ1n) is 8.63. The molecule has 0 bridgehead atoms. The predicted octanol–water partition coefficient (Wildman–Crippen LogP) is 3.59. The van der Waals surface area contributed by atoms with Gasteiger partial charge in [-0.25, -0.2) is 8.78 Å². The lowest BCUT2D eigenvalue weighted by Crippen LogP contribution is -2.66. The van der Waals surface area contributed by atoms with Crippen LogP contribution in [-0.4, -0.2) is 36.2 Å². The molecular formula is C19H19F4N3O2. The molecule has 1 saturated carbocycles. The number of hydrogen-bond acceptors (Lipinski definition) is 4. The Balaban J connectivity index is 1.72. The Hall–Kier alpha value is -2.68. The molecule has 1 heterocycles. The number of nitrogens with zero attached hydrogens (tertiary/aromatic N) is 1. The molecule has 0 aliphatic heterocycles. The van der Waals surface area contributed by atoms with Gasteiger partial charge in [-0.15, -0.1) is 0 Å². The summed E-state index contributed by atoms with van der Waals surface area (Å²) in [5.41, 5.74) is -0.566. The van der Waals surface area contributed by atoms with Gasteiger partial charge in [0, 0.05) is 36.0 Å². The lowest BCUT2D eigenvalue weighted by atomic mass is 9.62. The van der Waals surface area contributed by atoms with Crippen molar-refractivity contribution < 1.29 is 27.1 Å². The van der Waals surface area contributed by atoms with Crippen molar-refractivity contribution >= 4 is 11.6 Å². The Morgan fingerprint density at radius 1 is 1.29 bits per heavy atom. The van der Waals surface area contributed by atoms with Crippen molar-refractivity contribution in [1.29, 1.82) is 0 Å². The van der Waals surface area contributed by atoms with Crippen LogP contribution in [0.5, 0.6) is 0 Å². The number of pyridine rings is 1. The minimum absolute atomic E-state index is 0.0560. The highest BCUT2D eigenvalue weighted by Crippen LogP contribution is 2.44. The van der Waals surface area contributed by atoms with Crippen molar-refractivity contribution in [3.05, 3.63) is 59.9 Å². The van der Waals surface area contributed by atoms with E-state index in [4.69, 9.17) is 0 Å². The van der Waals surface area contributed by atoms with Gasteiger partial charge in [0.05, 0.1) is 6.10 Å². The number of rotatable bonds is 7. The summed E-state index contributed by atoms with van der Waals surface area (Å²) in [5, 5.41) is 5.61. The third kappa shape index (κ3) is 4.41. The maximum Gasteiger partial charge on any atom is 0.345 e. The molecule has 1 aliphatic carbocycles. The van der Waals surface area contributed by atoms with Crippen molar-refractivity contribution in [2.75, 3.05) is 11.9 Å². The van der Waals surface area contributed by atoms with Crippen LogP contribution in [0.1, 0.15) is 23.8 Å². The Morgan fingerprint density at radius 3 is 2.61 bits per heavy atom. The zero-order valence-corrected chi connectivity index (χ0v) is 15.0. The SMILES string of the molecule is CC1(CNc2cc(F)cc(F)c2)C(NC(=O)c2ccccn2)CC1OC(F)F. The number of alkyl halides is 2. The van der Waals surface area contributed by atoms with Crippen LogP contribution in [-0.2, 0) is 4.74 Å². The van der Waals surface area contributed by atoms with E-state index in [1.165, 1.54) is 12.3 Å². The van der Waals surface area contributed by atoms with E-state index < -0.39 is 41.7 Å². The van der Waals surface area contributed by atoms with Crippen molar-refractivity contribution in [2.45, 2.75) is 32.1 Å². The zero-order chi connectivity index (χ0) is 20.3. The molecule has 0 radical (unpaired) electrons. The van der Waals surface area contributed by atoms with Crippen LogP contribution in [0, 0.1) is 17.0 Å². The zero-order valence-electron chi connectivity index (χ0n) is 15.0. The second-order valence-electron chi connectivity index (χ2n) is 6.88. The van der Waals surface area contributed by atoms with Gasteiger partial charge in [0.2, 0.25) is 0 Å². The lowest BCUT2D eigenvalue weighted by molar-refractivity contribution is -0.228. The van der Waals surface area contributed by atoms with Crippen LogP contribution < -0.4 is 10.6 Å².